The van der Waals surface area contributed by atoms with Gasteiger partial charge in [0.25, 0.3) is 0 Å². The van der Waals surface area contributed by atoms with E-state index in [1.54, 1.807) is 0 Å². The van der Waals surface area contributed by atoms with Crippen LogP contribution in [0.15, 0.2) is 133 Å². The predicted molar refractivity (Wildman–Crippen MR) is 164 cm³/mol. The van der Waals surface area contributed by atoms with Crippen molar-refractivity contribution in [2.45, 2.75) is 0 Å². The van der Waals surface area contributed by atoms with E-state index in [1.807, 2.05) is 6.07 Å². The van der Waals surface area contributed by atoms with Crippen LogP contribution in [0.1, 0.15) is 0 Å². The first kappa shape index (κ1) is 20.9. The van der Waals surface area contributed by atoms with Gasteiger partial charge < -0.3 is 4.74 Å². The summed E-state index contributed by atoms with van der Waals surface area (Å²) in [7, 11) is 0. The molecule has 39 heavy (non-hydrogen) atoms. The van der Waals surface area contributed by atoms with Crippen molar-refractivity contribution in [3.63, 3.8) is 0 Å². The van der Waals surface area contributed by atoms with Gasteiger partial charge in [-0.25, -0.2) is 0 Å². The molecule has 0 spiro atoms. The molecule has 8 aromatic rings. The van der Waals surface area contributed by atoms with Gasteiger partial charge in [-0.3, -0.25) is 0 Å². The molecule has 0 aromatic heterocycles. The number of hydrogen-bond acceptors (Lipinski definition) is 1. The highest BCUT2D eigenvalue weighted by atomic mass is 16.5. The molecule has 0 aliphatic carbocycles. The number of benzene rings is 8. The summed E-state index contributed by atoms with van der Waals surface area (Å²) in [6, 6.07) is 48.3. The average molecular weight is 495 g/mol. The molecule has 1 aliphatic rings. The quantitative estimate of drug-likeness (QED) is 0.217. The van der Waals surface area contributed by atoms with Crippen molar-refractivity contribution in [1.29, 1.82) is 0 Å². The maximum atomic E-state index is 6.58. The van der Waals surface area contributed by atoms with Crippen molar-refractivity contribution < 1.29 is 4.74 Å². The molecule has 1 heteroatoms. The zero-order chi connectivity index (χ0) is 25.5. The van der Waals surface area contributed by atoms with Gasteiger partial charge in [-0.15, -0.1) is 0 Å². The third-order valence-corrected chi connectivity index (χ3v) is 8.42. The van der Waals surface area contributed by atoms with E-state index in [-0.39, 0.29) is 0 Å². The van der Waals surface area contributed by atoms with Crippen LogP contribution in [-0.2, 0) is 0 Å². The zero-order valence-corrected chi connectivity index (χ0v) is 21.1. The van der Waals surface area contributed by atoms with Gasteiger partial charge in [-0.05, 0) is 83.7 Å². The van der Waals surface area contributed by atoms with E-state index in [0.717, 1.165) is 22.6 Å². The maximum absolute atomic E-state index is 6.58. The Labute approximate surface area is 225 Å². The van der Waals surface area contributed by atoms with Gasteiger partial charge in [0, 0.05) is 10.9 Å². The summed E-state index contributed by atoms with van der Waals surface area (Å²) in [5.74, 6) is 1.83. The molecule has 1 nitrogen and oxygen atoms in total. The van der Waals surface area contributed by atoms with Crippen LogP contribution in [-0.4, -0.2) is 0 Å². The van der Waals surface area contributed by atoms with E-state index in [0.29, 0.717) is 0 Å². The number of ether oxygens (including phenoxy) is 1. The Balaban J connectivity index is 1.29. The van der Waals surface area contributed by atoms with Gasteiger partial charge in [-0.2, -0.15) is 0 Å². The molecule has 0 atom stereocenters. The molecule has 0 bridgehead atoms. The standard InChI is InChI=1S/C38H22O/c1-2-6-23(7-3-1)27-16-18-30-33-21-20-29(31-10-5-11-34(38(31)33)39-35(30)22-27)28-17-14-26-13-12-24-8-4-9-25-15-19-32(28)37(26)36(24)25/h1-22H. The highest BCUT2D eigenvalue weighted by Gasteiger charge is 2.23. The Hall–Kier alpha value is -5.14. The second-order valence-corrected chi connectivity index (χ2v) is 10.5. The molecule has 0 saturated carbocycles. The monoisotopic (exact) mass is 494 g/mol. The first-order valence-electron chi connectivity index (χ1n) is 13.4. The molecule has 0 N–H and O–H groups in total. The van der Waals surface area contributed by atoms with Crippen LogP contribution in [0.25, 0.3) is 76.5 Å². The van der Waals surface area contributed by atoms with Gasteiger partial charge in [0.15, 0.2) is 0 Å². The van der Waals surface area contributed by atoms with Gasteiger partial charge >= 0.3 is 0 Å². The van der Waals surface area contributed by atoms with Crippen molar-refractivity contribution in [3.05, 3.63) is 133 Å². The minimum Gasteiger partial charge on any atom is -0.456 e. The van der Waals surface area contributed by atoms with Crippen LogP contribution in [0.2, 0.25) is 0 Å². The Kier molecular flexibility index (Phi) is 4.11. The van der Waals surface area contributed by atoms with Crippen molar-refractivity contribution in [3.8, 4) is 44.9 Å². The molecule has 1 aliphatic heterocycles. The van der Waals surface area contributed by atoms with E-state index in [4.69, 9.17) is 4.74 Å². The minimum atomic E-state index is 0.909. The van der Waals surface area contributed by atoms with Gasteiger partial charge in [0.1, 0.15) is 11.5 Å². The smallest absolute Gasteiger partial charge is 0.135 e. The highest BCUT2D eigenvalue weighted by molar-refractivity contribution is 6.26. The molecule has 180 valence electrons. The molecule has 0 fully saturated rings. The molecular weight excluding hydrogens is 472 g/mol. The summed E-state index contributed by atoms with van der Waals surface area (Å²) in [5, 5.41) is 10.3. The van der Waals surface area contributed by atoms with Crippen LogP contribution < -0.4 is 4.74 Å². The van der Waals surface area contributed by atoms with Gasteiger partial charge in [0.2, 0.25) is 0 Å². The second-order valence-electron chi connectivity index (χ2n) is 10.5. The predicted octanol–water partition coefficient (Wildman–Crippen LogP) is 10.8. The Morgan fingerprint density at radius 3 is 1.82 bits per heavy atom. The largest absolute Gasteiger partial charge is 0.456 e. The average Bonchev–Trinajstić information content (AvgIpc) is 3.00. The van der Waals surface area contributed by atoms with Crippen molar-refractivity contribution >= 4 is 43.1 Å². The zero-order valence-electron chi connectivity index (χ0n) is 21.1. The molecular formula is C38H22O. The molecule has 0 radical (unpaired) electrons. The van der Waals surface area contributed by atoms with E-state index in [1.165, 1.54) is 65.3 Å². The maximum Gasteiger partial charge on any atom is 0.135 e. The SMILES string of the molecule is c1ccc(-c2ccc3c(c2)Oc2cccc4c(-c5ccc6ccc7cccc8ccc5c6c78)ccc-3c24)cc1. The Morgan fingerprint density at radius 2 is 0.974 bits per heavy atom. The van der Waals surface area contributed by atoms with E-state index >= 15 is 0 Å². The molecule has 1 heterocycles. The number of hydrogen-bond donors (Lipinski definition) is 0. The highest BCUT2D eigenvalue weighted by Crippen LogP contribution is 2.50. The summed E-state index contributed by atoms with van der Waals surface area (Å²) in [6.45, 7) is 0. The number of fused-ring (bicyclic) bond motifs is 2. The molecule has 0 saturated heterocycles. The van der Waals surface area contributed by atoms with Crippen molar-refractivity contribution in [1.82, 2.24) is 0 Å². The molecule has 9 rings (SSSR count). The first-order valence-corrected chi connectivity index (χ1v) is 13.4. The lowest BCUT2D eigenvalue weighted by Crippen LogP contribution is -1.98. The summed E-state index contributed by atoms with van der Waals surface area (Å²) in [4.78, 5) is 0. The fourth-order valence-electron chi connectivity index (χ4n) is 6.65. The van der Waals surface area contributed by atoms with E-state index in [2.05, 4.69) is 127 Å². The van der Waals surface area contributed by atoms with E-state index in [9.17, 15) is 0 Å². The Bertz CT molecular complexity index is 2230. The number of rotatable bonds is 2. The van der Waals surface area contributed by atoms with Crippen LogP contribution in [0.4, 0.5) is 0 Å². The lowest BCUT2D eigenvalue weighted by molar-refractivity contribution is 0.487. The van der Waals surface area contributed by atoms with Crippen LogP contribution >= 0.6 is 0 Å². The lowest BCUT2D eigenvalue weighted by Gasteiger charge is -2.24. The third-order valence-electron chi connectivity index (χ3n) is 8.42. The summed E-state index contributed by atoms with van der Waals surface area (Å²) in [5.41, 5.74) is 7.21. The van der Waals surface area contributed by atoms with Crippen LogP contribution in [0.5, 0.6) is 11.5 Å². The fraction of sp³-hybridized carbons (Fsp3) is 0. The molecule has 0 amide bonds. The van der Waals surface area contributed by atoms with Gasteiger partial charge in [0.05, 0.1) is 0 Å². The molecule has 8 aromatic carbocycles. The van der Waals surface area contributed by atoms with Crippen molar-refractivity contribution in [2.75, 3.05) is 0 Å². The summed E-state index contributed by atoms with van der Waals surface area (Å²) >= 11 is 0. The normalized spacial score (nSPS) is 12.3. The van der Waals surface area contributed by atoms with Crippen LogP contribution in [0, 0.1) is 0 Å². The van der Waals surface area contributed by atoms with Crippen molar-refractivity contribution in [2.24, 2.45) is 0 Å². The summed E-state index contributed by atoms with van der Waals surface area (Å²) in [6.07, 6.45) is 0. The topological polar surface area (TPSA) is 9.23 Å². The van der Waals surface area contributed by atoms with E-state index < -0.39 is 0 Å². The second kappa shape index (κ2) is 7.69. The third kappa shape index (κ3) is 2.90. The first-order chi connectivity index (χ1) is 19.3. The summed E-state index contributed by atoms with van der Waals surface area (Å²) < 4.78 is 6.58. The Morgan fingerprint density at radius 1 is 0.333 bits per heavy atom. The minimum absolute atomic E-state index is 0.909. The lowest BCUT2D eigenvalue weighted by atomic mass is 9.86. The van der Waals surface area contributed by atoms with Gasteiger partial charge in [-0.1, -0.05) is 115 Å². The fourth-order valence-corrected chi connectivity index (χ4v) is 6.65. The van der Waals surface area contributed by atoms with Crippen LogP contribution in [0.3, 0.4) is 0 Å². The molecule has 0 unspecified atom stereocenters.